The summed E-state index contributed by atoms with van der Waals surface area (Å²) in [7, 11) is 0. The van der Waals surface area contributed by atoms with Crippen LogP contribution >= 0.6 is 11.3 Å². The molecule has 2 aromatic rings. The highest BCUT2D eigenvalue weighted by Crippen LogP contribution is 2.36. The van der Waals surface area contributed by atoms with Gasteiger partial charge in [0.1, 0.15) is 10.8 Å². The van der Waals surface area contributed by atoms with E-state index >= 15 is 0 Å². The van der Waals surface area contributed by atoms with Gasteiger partial charge in [-0.15, -0.1) is 11.3 Å². The van der Waals surface area contributed by atoms with Crippen LogP contribution in [0.4, 0.5) is 4.39 Å². The summed E-state index contributed by atoms with van der Waals surface area (Å²) in [6.45, 7) is 1.77. The van der Waals surface area contributed by atoms with Crippen LogP contribution in [0.25, 0.3) is 10.6 Å². The first-order chi connectivity index (χ1) is 8.65. The maximum absolute atomic E-state index is 13.6. The number of aromatic nitrogens is 1. The van der Waals surface area contributed by atoms with Gasteiger partial charge < -0.3 is 5.73 Å². The number of nitrogens with zero attached hydrogens (tertiary/aromatic N) is 1. The molecule has 1 unspecified atom stereocenters. The van der Waals surface area contributed by atoms with Crippen LogP contribution in [-0.4, -0.2) is 4.98 Å². The van der Waals surface area contributed by atoms with Gasteiger partial charge in [-0.1, -0.05) is 12.1 Å². The van der Waals surface area contributed by atoms with Crippen LogP contribution in [0.2, 0.25) is 0 Å². The average Bonchev–Trinajstić information content (AvgIpc) is 2.78. The van der Waals surface area contributed by atoms with Crippen molar-refractivity contribution >= 4 is 11.3 Å². The summed E-state index contributed by atoms with van der Waals surface area (Å²) in [5.74, 6) is -0.176. The molecule has 1 aromatic carbocycles. The number of hydrogen-bond acceptors (Lipinski definition) is 3. The second kappa shape index (κ2) is 4.44. The van der Waals surface area contributed by atoms with E-state index in [1.807, 2.05) is 6.07 Å². The topological polar surface area (TPSA) is 38.9 Å². The molecule has 0 spiro atoms. The van der Waals surface area contributed by atoms with Crippen LogP contribution in [-0.2, 0) is 6.42 Å². The monoisotopic (exact) mass is 262 g/mol. The Bertz CT molecular complexity index is 591. The summed E-state index contributed by atoms with van der Waals surface area (Å²) in [5.41, 5.74) is 8.59. The van der Waals surface area contributed by atoms with E-state index in [-0.39, 0.29) is 11.9 Å². The largest absolute Gasteiger partial charge is 0.323 e. The Morgan fingerprint density at radius 1 is 1.44 bits per heavy atom. The summed E-state index contributed by atoms with van der Waals surface area (Å²) >= 11 is 1.65. The number of fused-ring (bicyclic) bond motifs is 1. The van der Waals surface area contributed by atoms with Crippen LogP contribution in [0.1, 0.15) is 35.0 Å². The molecule has 0 amide bonds. The predicted molar refractivity (Wildman–Crippen MR) is 72.1 cm³/mol. The Morgan fingerprint density at radius 2 is 2.28 bits per heavy atom. The van der Waals surface area contributed by atoms with E-state index in [9.17, 15) is 4.39 Å². The minimum absolute atomic E-state index is 0.0500. The van der Waals surface area contributed by atoms with Gasteiger partial charge in [0.2, 0.25) is 0 Å². The van der Waals surface area contributed by atoms with Crippen LogP contribution in [0, 0.1) is 12.7 Å². The van der Waals surface area contributed by atoms with Gasteiger partial charge in [0, 0.05) is 16.5 Å². The fourth-order valence-electron chi connectivity index (χ4n) is 2.30. The minimum Gasteiger partial charge on any atom is -0.323 e. The van der Waals surface area contributed by atoms with Crippen LogP contribution in [0.5, 0.6) is 0 Å². The third-order valence-corrected chi connectivity index (χ3v) is 4.60. The molecule has 0 saturated carbocycles. The lowest BCUT2D eigenvalue weighted by Crippen LogP contribution is -2.16. The van der Waals surface area contributed by atoms with Crippen molar-refractivity contribution < 1.29 is 4.39 Å². The molecule has 1 aromatic heterocycles. The molecule has 1 aliphatic carbocycles. The standard InChI is InChI=1S/C14H15FN2S/c1-8-5-6-9(7-10(8)15)14-17-13-11(16)3-2-4-12(13)18-14/h5-7,11H,2-4,16H2,1H3. The lowest BCUT2D eigenvalue weighted by atomic mass is 9.99. The van der Waals surface area contributed by atoms with Gasteiger partial charge in [0.25, 0.3) is 0 Å². The molecule has 18 heavy (non-hydrogen) atoms. The Balaban J connectivity index is 2.04. The zero-order chi connectivity index (χ0) is 12.7. The third-order valence-electron chi connectivity index (χ3n) is 3.42. The van der Waals surface area contributed by atoms with Gasteiger partial charge in [0.05, 0.1) is 5.69 Å². The van der Waals surface area contributed by atoms with Gasteiger partial charge in [-0.05, 0) is 37.8 Å². The molecule has 0 saturated heterocycles. The van der Waals surface area contributed by atoms with Crippen molar-refractivity contribution in [1.29, 1.82) is 0 Å². The highest BCUT2D eigenvalue weighted by atomic mass is 32.1. The van der Waals surface area contributed by atoms with E-state index in [1.54, 1.807) is 30.4 Å². The van der Waals surface area contributed by atoms with Crippen LogP contribution < -0.4 is 5.73 Å². The quantitative estimate of drug-likeness (QED) is 0.853. The van der Waals surface area contributed by atoms with E-state index in [4.69, 9.17) is 5.73 Å². The lowest BCUT2D eigenvalue weighted by molar-refractivity contribution is 0.564. The number of hydrogen-bond donors (Lipinski definition) is 1. The van der Waals surface area contributed by atoms with Crippen LogP contribution in [0.3, 0.4) is 0 Å². The van der Waals surface area contributed by atoms with Gasteiger partial charge >= 0.3 is 0 Å². The molecule has 94 valence electrons. The zero-order valence-electron chi connectivity index (χ0n) is 10.2. The normalized spacial score (nSPS) is 18.7. The van der Waals surface area contributed by atoms with E-state index < -0.39 is 0 Å². The first-order valence-corrected chi connectivity index (χ1v) is 6.98. The molecule has 0 aliphatic heterocycles. The molecular weight excluding hydrogens is 247 g/mol. The number of rotatable bonds is 1. The summed E-state index contributed by atoms with van der Waals surface area (Å²) in [6, 6.07) is 5.33. The molecule has 4 heteroatoms. The molecule has 1 aliphatic rings. The maximum atomic E-state index is 13.6. The Morgan fingerprint density at radius 3 is 3.00 bits per heavy atom. The van der Waals surface area contributed by atoms with Gasteiger partial charge in [0.15, 0.2) is 0 Å². The number of benzene rings is 1. The van der Waals surface area contributed by atoms with Crippen LogP contribution in [0.15, 0.2) is 18.2 Å². The van der Waals surface area contributed by atoms with Crippen molar-refractivity contribution in [2.75, 3.05) is 0 Å². The highest BCUT2D eigenvalue weighted by Gasteiger charge is 2.22. The van der Waals surface area contributed by atoms with E-state index in [0.717, 1.165) is 35.5 Å². The number of thiazole rings is 1. The molecule has 0 bridgehead atoms. The first-order valence-electron chi connectivity index (χ1n) is 6.17. The van der Waals surface area contributed by atoms with Crippen molar-refractivity contribution in [2.45, 2.75) is 32.2 Å². The van der Waals surface area contributed by atoms with Gasteiger partial charge in [-0.25, -0.2) is 9.37 Å². The van der Waals surface area contributed by atoms with Crippen molar-refractivity contribution in [3.8, 4) is 10.6 Å². The van der Waals surface area contributed by atoms with Gasteiger partial charge in [-0.3, -0.25) is 0 Å². The van der Waals surface area contributed by atoms with Crippen molar-refractivity contribution in [1.82, 2.24) is 4.98 Å². The Kier molecular flexibility index (Phi) is 2.92. The molecule has 1 heterocycles. The van der Waals surface area contributed by atoms with Gasteiger partial charge in [-0.2, -0.15) is 0 Å². The molecule has 2 nitrogen and oxygen atoms in total. The molecule has 2 N–H and O–H groups in total. The van der Waals surface area contributed by atoms with E-state index in [2.05, 4.69) is 4.98 Å². The van der Waals surface area contributed by atoms with Crippen molar-refractivity contribution in [3.63, 3.8) is 0 Å². The maximum Gasteiger partial charge on any atom is 0.126 e. The molecular formula is C14H15FN2S. The zero-order valence-corrected chi connectivity index (χ0v) is 11.1. The SMILES string of the molecule is Cc1ccc(-c2nc3c(s2)CCCC3N)cc1F. The molecule has 0 radical (unpaired) electrons. The number of nitrogens with two attached hydrogens (primary N) is 1. The van der Waals surface area contributed by atoms with Crippen molar-refractivity contribution in [2.24, 2.45) is 5.73 Å². The first kappa shape index (κ1) is 11.8. The van der Waals surface area contributed by atoms with Crippen molar-refractivity contribution in [3.05, 3.63) is 40.2 Å². The minimum atomic E-state index is -0.176. The Hall–Kier alpha value is -1.26. The number of aryl methyl sites for hydroxylation is 2. The summed E-state index contributed by atoms with van der Waals surface area (Å²) in [5, 5.41) is 0.885. The van der Waals surface area contributed by atoms with E-state index in [1.165, 1.54) is 4.88 Å². The average molecular weight is 262 g/mol. The van der Waals surface area contributed by atoms with E-state index in [0.29, 0.717) is 5.56 Å². The second-order valence-electron chi connectivity index (χ2n) is 4.79. The molecule has 0 fully saturated rings. The molecule has 3 rings (SSSR count). The summed E-state index contributed by atoms with van der Waals surface area (Å²) in [4.78, 5) is 5.87. The number of halogens is 1. The lowest BCUT2D eigenvalue weighted by Gasteiger charge is -2.15. The highest BCUT2D eigenvalue weighted by molar-refractivity contribution is 7.15. The summed E-state index contributed by atoms with van der Waals surface area (Å²) in [6.07, 6.45) is 3.17. The second-order valence-corrected chi connectivity index (χ2v) is 5.87. The summed E-state index contributed by atoms with van der Waals surface area (Å²) < 4.78 is 13.6. The third kappa shape index (κ3) is 1.95. The Labute approximate surface area is 110 Å². The molecule has 1 atom stereocenters. The smallest absolute Gasteiger partial charge is 0.126 e. The fraction of sp³-hybridized carbons (Fsp3) is 0.357. The fourth-order valence-corrected chi connectivity index (χ4v) is 3.47. The predicted octanol–water partition coefficient (Wildman–Crippen LogP) is 3.59.